The predicted octanol–water partition coefficient (Wildman–Crippen LogP) is 1.52. The van der Waals surface area contributed by atoms with Gasteiger partial charge in [-0.05, 0) is 19.1 Å². The van der Waals surface area contributed by atoms with Crippen LogP contribution in [0.15, 0.2) is 29.8 Å². The molecule has 22 heavy (non-hydrogen) atoms. The van der Waals surface area contributed by atoms with E-state index in [0.29, 0.717) is 12.2 Å². The fourth-order valence-electron chi connectivity index (χ4n) is 2.08. The highest BCUT2D eigenvalue weighted by atomic mass is 19.1. The summed E-state index contributed by atoms with van der Waals surface area (Å²) >= 11 is 0. The van der Waals surface area contributed by atoms with Crippen LogP contribution >= 0.6 is 0 Å². The molecule has 2 heterocycles. The number of halogens is 1. The molecule has 8 heteroatoms. The van der Waals surface area contributed by atoms with E-state index in [1.807, 2.05) is 0 Å². The number of nitrogens with one attached hydrogen (secondary N) is 1. The molecule has 0 unspecified atom stereocenters. The fourth-order valence-corrected chi connectivity index (χ4v) is 2.08. The lowest BCUT2D eigenvalue weighted by Crippen LogP contribution is -2.19. The van der Waals surface area contributed by atoms with Crippen molar-refractivity contribution in [2.75, 3.05) is 5.32 Å². The van der Waals surface area contributed by atoms with E-state index in [0.717, 1.165) is 22.4 Å². The molecule has 1 amide bonds. The fraction of sp³-hybridized carbons (Fsp3) is 0.143. The predicted molar refractivity (Wildman–Crippen MR) is 74.1 cm³/mol. The Bertz CT molecular complexity index is 825. The van der Waals surface area contributed by atoms with E-state index >= 15 is 0 Å². The van der Waals surface area contributed by atoms with Gasteiger partial charge in [-0.3, -0.25) is 9.59 Å². The highest BCUT2D eigenvalue weighted by Crippen LogP contribution is 2.20. The Balaban J connectivity index is 1.83. The van der Waals surface area contributed by atoms with E-state index in [-0.39, 0.29) is 17.4 Å². The first-order valence-electron chi connectivity index (χ1n) is 6.41. The SMILES string of the molecule is CC1=CC(=O)n2nc(C(=O)Nc3ccc(O)c(F)c3)nc2C1. The van der Waals surface area contributed by atoms with E-state index in [4.69, 9.17) is 5.11 Å². The quantitative estimate of drug-likeness (QED) is 0.820. The molecular weight excluding hydrogens is 291 g/mol. The van der Waals surface area contributed by atoms with Crippen LogP contribution in [0.25, 0.3) is 0 Å². The van der Waals surface area contributed by atoms with Crippen LogP contribution in [0, 0.1) is 5.82 Å². The van der Waals surface area contributed by atoms with Gasteiger partial charge in [0, 0.05) is 24.3 Å². The third-order valence-corrected chi connectivity index (χ3v) is 3.10. The number of fused-ring (bicyclic) bond motifs is 1. The number of amides is 1. The molecule has 0 fully saturated rings. The molecule has 0 atom stereocenters. The number of aromatic hydroxyl groups is 1. The van der Waals surface area contributed by atoms with Gasteiger partial charge in [-0.25, -0.2) is 9.37 Å². The van der Waals surface area contributed by atoms with Gasteiger partial charge in [0.25, 0.3) is 11.8 Å². The Labute approximate surface area is 124 Å². The summed E-state index contributed by atoms with van der Waals surface area (Å²) in [5, 5.41) is 15.4. The van der Waals surface area contributed by atoms with Crippen molar-refractivity contribution < 1.29 is 19.1 Å². The summed E-state index contributed by atoms with van der Waals surface area (Å²) in [7, 11) is 0. The van der Waals surface area contributed by atoms with Crippen LogP contribution in [0.3, 0.4) is 0 Å². The molecule has 0 saturated heterocycles. The lowest BCUT2D eigenvalue weighted by Gasteiger charge is -2.07. The van der Waals surface area contributed by atoms with Crippen molar-refractivity contribution in [3.05, 3.63) is 47.3 Å². The largest absolute Gasteiger partial charge is 0.505 e. The van der Waals surface area contributed by atoms with Gasteiger partial charge in [-0.1, -0.05) is 5.57 Å². The molecule has 0 spiro atoms. The second-order valence-corrected chi connectivity index (χ2v) is 4.89. The first-order valence-corrected chi connectivity index (χ1v) is 6.41. The molecule has 0 bridgehead atoms. The Morgan fingerprint density at radius 2 is 2.23 bits per heavy atom. The normalized spacial score (nSPS) is 13.5. The topological polar surface area (TPSA) is 97.1 Å². The number of hydrogen-bond donors (Lipinski definition) is 2. The lowest BCUT2D eigenvalue weighted by atomic mass is 10.1. The minimum atomic E-state index is -0.857. The number of rotatable bonds is 2. The van der Waals surface area contributed by atoms with Crippen LogP contribution in [0.2, 0.25) is 0 Å². The van der Waals surface area contributed by atoms with Gasteiger partial charge < -0.3 is 10.4 Å². The van der Waals surface area contributed by atoms with E-state index in [2.05, 4.69) is 15.4 Å². The molecular formula is C14H11FN4O3. The van der Waals surface area contributed by atoms with Gasteiger partial charge >= 0.3 is 0 Å². The average Bonchev–Trinajstić information content (AvgIpc) is 2.87. The van der Waals surface area contributed by atoms with E-state index in [1.54, 1.807) is 6.92 Å². The maximum atomic E-state index is 13.2. The Kier molecular flexibility index (Phi) is 3.21. The summed E-state index contributed by atoms with van der Waals surface area (Å²) in [6, 6.07) is 3.43. The Morgan fingerprint density at radius 3 is 2.95 bits per heavy atom. The minimum Gasteiger partial charge on any atom is -0.505 e. The number of aromatic nitrogens is 3. The zero-order valence-electron chi connectivity index (χ0n) is 11.5. The molecule has 1 aliphatic heterocycles. The van der Waals surface area contributed by atoms with Crippen molar-refractivity contribution in [2.45, 2.75) is 13.3 Å². The number of anilines is 1. The lowest BCUT2D eigenvalue weighted by molar-refractivity contribution is 0.0944. The van der Waals surface area contributed by atoms with Crippen LogP contribution in [0.1, 0.15) is 28.2 Å². The molecule has 1 aliphatic rings. The van der Waals surface area contributed by atoms with Crippen molar-refractivity contribution >= 4 is 17.5 Å². The summed E-state index contributed by atoms with van der Waals surface area (Å²) in [5.74, 6) is -2.20. The Hall–Kier alpha value is -3.03. The molecule has 112 valence electrons. The van der Waals surface area contributed by atoms with Crippen LogP contribution in [-0.2, 0) is 6.42 Å². The highest BCUT2D eigenvalue weighted by molar-refractivity contribution is 6.02. The molecule has 1 aromatic carbocycles. The molecule has 7 nitrogen and oxygen atoms in total. The summed E-state index contributed by atoms with van der Waals surface area (Å²) in [5.41, 5.74) is 0.978. The highest BCUT2D eigenvalue weighted by Gasteiger charge is 2.23. The maximum absolute atomic E-state index is 13.2. The van der Waals surface area contributed by atoms with Crippen LogP contribution in [-0.4, -0.2) is 31.7 Å². The zero-order chi connectivity index (χ0) is 15.9. The number of hydrogen-bond acceptors (Lipinski definition) is 5. The number of carbonyl (C=O) groups is 2. The molecule has 3 rings (SSSR count). The van der Waals surface area contributed by atoms with E-state index in [9.17, 15) is 14.0 Å². The van der Waals surface area contributed by atoms with Gasteiger partial charge in [0.2, 0.25) is 5.82 Å². The van der Waals surface area contributed by atoms with Crippen molar-refractivity contribution in [1.82, 2.24) is 14.8 Å². The maximum Gasteiger partial charge on any atom is 0.295 e. The third kappa shape index (κ3) is 2.46. The summed E-state index contributed by atoms with van der Waals surface area (Å²) in [6.07, 6.45) is 1.86. The molecule has 0 aliphatic carbocycles. The monoisotopic (exact) mass is 302 g/mol. The number of carbonyl (C=O) groups excluding carboxylic acids is 2. The summed E-state index contributed by atoms with van der Waals surface area (Å²) in [4.78, 5) is 27.8. The zero-order valence-corrected chi connectivity index (χ0v) is 11.5. The molecule has 2 aromatic rings. The first-order chi connectivity index (χ1) is 10.4. The molecule has 2 N–H and O–H groups in total. The third-order valence-electron chi connectivity index (χ3n) is 3.10. The van der Waals surface area contributed by atoms with Crippen LogP contribution < -0.4 is 5.32 Å². The van der Waals surface area contributed by atoms with Gasteiger partial charge in [0.05, 0.1) is 0 Å². The first kappa shape index (κ1) is 13.9. The number of phenolic OH excluding ortho intramolecular Hbond substituents is 1. The minimum absolute atomic E-state index is 0.147. The van der Waals surface area contributed by atoms with Crippen LogP contribution in [0.4, 0.5) is 10.1 Å². The number of allylic oxidation sites excluding steroid dienone is 2. The molecule has 0 radical (unpaired) electrons. The second-order valence-electron chi connectivity index (χ2n) is 4.89. The number of benzene rings is 1. The summed E-state index contributed by atoms with van der Waals surface area (Å²) in [6.45, 7) is 1.79. The van der Waals surface area contributed by atoms with Gasteiger partial charge in [-0.15, -0.1) is 5.10 Å². The average molecular weight is 302 g/mol. The number of phenols is 1. The van der Waals surface area contributed by atoms with Gasteiger partial charge in [0.1, 0.15) is 5.82 Å². The summed E-state index contributed by atoms with van der Waals surface area (Å²) < 4.78 is 14.3. The number of nitrogens with zero attached hydrogens (tertiary/aromatic N) is 3. The van der Waals surface area contributed by atoms with E-state index in [1.165, 1.54) is 12.1 Å². The van der Waals surface area contributed by atoms with Crippen molar-refractivity contribution in [3.63, 3.8) is 0 Å². The smallest absolute Gasteiger partial charge is 0.295 e. The van der Waals surface area contributed by atoms with E-state index < -0.39 is 17.5 Å². The van der Waals surface area contributed by atoms with Crippen molar-refractivity contribution in [1.29, 1.82) is 0 Å². The van der Waals surface area contributed by atoms with Gasteiger partial charge in [0.15, 0.2) is 11.6 Å². The van der Waals surface area contributed by atoms with Crippen molar-refractivity contribution in [2.24, 2.45) is 0 Å². The molecule has 1 aromatic heterocycles. The van der Waals surface area contributed by atoms with Crippen LogP contribution in [0.5, 0.6) is 5.75 Å². The van der Waals surface area contributed by atoms with Gasteiger partial charge in [-0.2, -0.15) is 4.68 Å². The standard InChI is InChI=1S/C14H11FN4O3/c1-7-4-11-17-13(18-19(11)12(21)5-7)14(22)16-8-2-3-10(20)9(15)6-8/h2-3,5-6,20H,4H2,1H3,(H,16,22). The molecule has 0 saturated carbocycles. The Morgan fingerprint density at radius 1 is 1.45 bits per heavy atom. The second kappa shape index (κ2) is 5.06. The van der Waals surface area contributed by atoms with Crippen molar-refractivity contribution in [3.8, 4) is 5.75 Å².